The lowest BCUT2D eigenvalue weighted by atomic mass is 10.1. The van der Waals surface area contributed by atoms with E-state index in [1.807, 2.05) is 10.9 Å². The van der Waals surface area contributed by atoms with E-state index in [1.165, 1.54) is 12.1 Å². The lowest BCUT2D eigenvalue weighted by molar-refractivity contribution is 0.0944. The average molecular weight is 381 g/mol. The molecule has 122 valence electrons. The summed E-state index contributed by atoms with van der Waals surface area (Å²) in [6.07, 6.45) is 4.03. The molecule has 2 aromatic rings. The van der Waals surface area contributed by atoms with Crippen molar-refractivity contribution in [3.8, 4) is 0 Å². The molecule has 2 N–H and O–H groups in total. The van der Waals surface area contributed by atoms with Gasteiger partial charge in [-0.05, 0) is 43.1 Å². The van der Waals surface area contributed by atoms with Crippen molar-refractivity contribution >= 4 is 21.8 Å². The lowest BCUT2D eigenvalue weighted by Crippen LogP contribution is -2.32. The van der Waals surface area contributed by atoms with Crippen molar-refractivity contribution in [3.05, 3.63) is 52.0 Å². The van der Waals surface area contributed by atoms with E-state index in [4.69, 9.17) is 0 Å². The Morgan fingerprint density at radius 2 is 2.35 bits per heavy atom. The summed E-state index contributed by atoms with van der Waals surface area (Å²) in [7, 11) is 0. The number of piperidine rings is 1. The molecule has 23 heavy (non-hydrogen) atoms. The fraction of sp³-hybridized carbons (Fsp3) is 0.375. The summed E-state index contributed by atoms with van der Waals surface area (Å²) >= 11 is 3.29. The van der Waals surface area contributed by atoms with Gasteiger partial charge in [-0.2, -0.15) is 5.10 Å². The molecule has 0 spiro atoms. The van der Waals surface area contributed by atoms with Gasteiger partial charge in [0.15, 0.2) is 0 Å². The van der Waals surface area contributed by atoms with Gasteiger partial charge >= 0.3 is 0 Å². The molecule has 1 aliphatic heterocycles. The molecule has 3 rings (SSSR count). The van der Waals surface area contributed by atoms with Crippen LogP contribution in [0.2, 0.25) is 0 Å². The second kappa shape index (κ2) is 7.23. The van der Waals surface area contributed by atoms with Crippen molar-refractivity contribution in [3.63, 3.8) is 0 Å². The topological polar surface area (TPSA) is 59.0 Å². The highest BCUT2D eigenvalue weighted by Gasteiger charge is 2.17. The maximum absolute atomic E-state index is 13.1. The average Bonchev–Trinajstić information content (AvgIpc) is 3.05. The smallest absolute Gasteiger partial charge is 0.272 e. The highest BCUT2D eigenvalue weighted by atomic mass is 79.9. The summed E-state index contributed by atoms with van der Waals surface area (Å²) in [5.41, 5.74) is 1.21. The summed E-state index contributed by atoms with van der Waals surface area (Å²) in [5, 5.41) is 10.5. The SMILES string of the molecule is O=C(NCc1ccc(F)cc1Br)c1ccn(C2CCCNC2)n1. The molecular weight excluding hydrogens is 363 g/mol. The minimum Gasteiger partial charge on any atom is -0.347 e. The molecule has 5 nitrogen and oxygen atoms in total. The zero-order chi connectivity index (χ0) is 16.2. The Kier molecular flexibility index (Phi) is 5.07. The minimum atomic E-state index is -0.313. The summed E-state index contributed by atoms with van der Waals surface area (Å²) in [4.78, 5) is 12.2. The molecule has 0 bridgehead atoms. The second-order valence-corrected chi connectivity index (χ2v) is 6.45. The molecule has 1 atom stereocenters. The number of benzene rings is 1. The molecule has 0 aliphatic carbocycles. The van der Waals surface area contributed by atoms with Gasteiger partial charge in [0, 0.05) is 23.8 Å². The van der Waals surface area contributed by atoms with Crippen LogP contribution in [-0.2, 0) is 6.54 Å². The molecule has 1 aliphatic rings. The zero-order valence-corrected chi connectivity index (χ0v) is 14.1. The van der Waals surface area contributed by atoms with Gasteiger partial charge in [-0.3, -0.25) is 9.48 Å². The third kappa shape index (κ3) is 3.97. The van der Waals surface area contributed by atoms with Crippen molar-refractivity contribution < 1.29 is 9.18 Å². The van der Waals surface area contributed by atoms with Crippen molar-refractivity contribution in [2.75, 3.05) is 13.1 Å². The van der Waals surface area contributed by atoms with Crippen LogP contribution < -0.4 is 10.6 Å². The molecule has 1 unspecified atom stereocenters. The van der Waals surface area contributed by atoms with E-state index in [0.29, 0.717) is 22.8 Å². The van der Waals surface area contributed by atoms with Gasteiger partial charge in [-0.1, -0.05) is 22.0 Å². The normalized spacial score (nSPS) is 17.9. The molecule has 1 aromatic heterocycles. The number of carbonyl (C=O) groups excluding carboxylic acids is 1. The van der Waals surface area contributed by atoms with E-state index in [2.05, 4.69) is 31.7 Å². The van der Waals surface area contributed by atoms with E-state index in [-0.39, 0.29) is 11.7 Å². The summed E-state index contributed by atoms with van der Waals surface area (Å²) in [5.74, 6) is -0.546. The van der Waals surface area contributed by atoms with Crippen LogP contribution in [0.15, 0.2) is 34.9 Å². The van der Waals surface area contributed by atoms with Crippen LogP contribution in [0.25, 0.3) is 0 Å². The third-order valence-corrected chi connectivity index (χ3v) is 4.68. The Morgan fingerprint density at radius 1 is 1.48 bits per heavy atom. The molecule has 1 saturated heterocycles. The van der Waals surface area contributed by atoms with Gasteiger partial charge in [0.05, 0.1) is 6.04 Å². The first-order valence-corrected chi connectivity index (χ1v) is 8.41. The monoisotopic (exact) mass is 380 g/mol. The van der Waals surface area contributed by atoms with Gasteiger partial charge in [0.2, 0.25) is 0 Å². The summed E-state index contributed by atoms with van der Waals surface area (Å²) in [6.45, 7) is 2.24. The standard InChI is InChI=1S/C16H18BrFN4O/c17-14-8-12(18)4-3-11(14)9-20-16(23)15-5-7-22(21-15)13-2-1-6-19-10-13/h3-5,7-8,13,19H,1-2,6,9-10H2,(H,20,23). The lowest BCUT2D eigenvalue weighted by Gasteiger charge is -2.22. The third-order valence-electron chi connectivity index (χ3n) is 3.94. The predicted octanol–water partition coefficient (Wildman–Crippen LogP) is 2.64. The molecule has 7 heteroatoms. The first-order valence-electron chi connectivity index (χ1n) is 7.61. The highest BCUT2D eigenvalue weighted by molar-refractivity contribution is 9.10. The number of halogens is 2. The zero-order valence-electron chi connectivity index (χ0n) is 12.6. The van der Waals surface area contributed by atoms with E-state index in [1.54, 1.807) is 12.1 Å². The quantitative estimate of drug-likeness (QED) is 0.856. The Morgan fingerprint density at radius 3 is 3.09 bits per heavy atom. The Balaban J connectivity index is 1.61. The van der Waals surface area contributed by atoms with E-state index in [0.717, 1.165) is 31.5 Å². The van der Waals surface area contributed by atoms with Gasteiger partial charge in [-0.25, -0.2) is 4.39 Å². The van der Waals surface area contributed by atoms with E-state index in [9.17, 15) is 9.18 Å². The first kappa shape index (κ1) is 16.1. The molecule has 1 amide bonds. The maximum Gasteiger partial charge on any atom is 0.272 e. The fourth-order valence-corrected chi connectivity index (χ4v) is 3.14. The number of amides is 1. The maximum atomic E-state index is 13.1. The molecule has 0 radical (unpaired) electrons. The van der Waals surface area contributed by atoms with Crippen LogP contribution in [0.1, 0.15) is 34.9 Å². The molecule has 2 heterocycles. The number of hydrogen-bond donors (Lipinski definition) is 2. The summed E-state index contributed by atoms with van der Waals surface area (Å²) in [6, 6.07) is 6.43. The number of aromatic nitrogens is 2. The van der Waals surface area contributed by atoms with Crippen LogP contribution in [0, 0.1) is 5.82 Å². The number of rotatable bonds is 4. The first-order chi connectivity index (χ1) is 11.1. The Hall–Kier alpha value is -1.73. The Bertz CT molecular complexity index is 697. The van der Waals surface area contributed by atoms with Crippen LogP contribution in [-0.4, -0.2) is 28.8 Å². The number of nitrogens with zero attached hydrogens (tertiary/aromatic N) is 2. The molecule has 1 aromatic carbocycles. The fourth-order valence-electron chi connectivity index (χ4n) is 2.65. The molecule has 1 fully saturated rings. The predicted molar refractivity (Wildman–Crippen MR) is 88.6 cm³/mol. The van der Waals surface area contributed by atoms with Crippen molar-refractivity contribution in [1.29, 1.82) is 0 Å². The van der Waals surface area contributed by atoms with E-state index < -0.39 is 0 Å². The van der Waals surface area contributed by atoms with Gasteiger partial charge in [-0.15, -0.1) is 0 Å². The minimum absolute atomic E-state index is 0.233. The molecule has 0 saturated carbocycles. The van der Waals surface area contributed by atoms with Crippen LogP contribution in [0.3, 0.4) is 0 Å². The van der Waals surface area contributed by atoms with Gasteiger partial charge in [0.1, 0.15) is 11.5 Å². The second-order valence-electron chi connectivity index (χ2n) is 5.60. The van der Waals surface area contributed by atoms with Gasteiger partial charge < -0.3 is 10.6 Å². The number of nitrogens with one attached hydrogen (secondary N) is 2. The van der Waals surface area contributed by atoms with Crippen molar-refractivity contribution in [1.82, 2.24) is 20.4 Å². The Labute approximate surface area is 142 Å². The van der Waals surface area contributed by atoms with Crippen molar-refractivity contribution in [2.24, 2.45) is 0 Å². The van der Waals surface area contributed by atoms with Crippen LogP contribution in [0.4, 0.5) is 4.39 Å². The highest BCUT2D eigenvalue weighted by Crippen LogP contribution is 2.18. The largest absolute Gasteiger partial charge is 0.347 e. The number of carbonyl (C=O) groups is 1. The molecular formula is C16H18BrFN4O. The number of hydrogen-bond acceptors (Lipinski definition) is 3. The van der Waals surface area contributed by atoms with Crippen LogP contribution >= 0.6 is 15.9 Å². The van der Waals surface area contributed by atoms with Crippen LogP contribution in [0.5, 0.6) is 0 Å². The van der Waals surface area contributed by atoms with Crippen molar-refractivity contribution in [2.45, 2.75) is 25.4 Å². The van der Waals surface area contributed by atoms with E-state index >= 15 is 0 Å². The summed E-state index contributed by atoms with van der Waals surface area (Å²) < 4.78 is 15.5. The van der Waals surface area contributed by atoms with Gasteiger partial charge in [0.25, 0.3) is 5.91 Å².